The molecule has 0 aliphatic carbocycles. The molecule has 10 heteroatoms. The Balaban J connectivity index is 2.95. The second kappa shape index (κ2) is 11.8. The van der Waals surface area contributed by atoms with Crippen LogP contribution >= 0.6 is 0 Å². The standard InChI is InChI=1S/C19H28N4O6/c1-11(2)16(23-17(27)13(20)10-24)19(29)22-14(18(28)21-9-15(25)26)8-12-6-4-3-5-7-12/h3-7,11,13-14,16,24H,8-10,20H2,1-2H3,(H,21,28)(H,22,29)(H,23,27)(H,25,26). The molecule has 0 radical (unpaired) electrons. The lowest BCUT2D eigenvalue weighted by Crippen LogP contribution is -2.58. The lowest BCUT2D eigenvalue weighted by Gasteiger charge is -2.26. The third-order valence-corrected chi connectivity index (χ3v) is 4.11. The van der Waals surface area contributed by atoms with E-state index in [1.54, 1.807) is 44.2 Å². The van der Waals surface area contributed by atoms with Gasteiger partial charge in [0.05, 0.1) is 6.61 Å². The van der Waals surface area contributed by atoms with Gasteiger partial charge >= 0.3 is 5.97 Å². The summed E-state index contributed by atoms with van der Waals surface area (Å²) in [4.78, 5) is 47.9. The number of benzene rings is 1. The number of amides is 3. The summed E-state index contributed by atoms with van der Waals surface area (Å²) in [5.74, 6) is -3.52. The number of carboxylic acids is 1. The predicted molar refractivity (Wildman–Crippen MR) is 105 cm³/mol. The van der Waals surface area contributed by atoms with E-state index in [-0.39, 0.29) is 12.3 Å². The molecule has 3 amide bonds. The smallest absolute Gasteiger partial charge is 0.322 e. The van der Waals surface area contributed by atoms with Crippen LogP contribution in [0.25, 0.3) is 0 Å². The van der Waals surface area contributed by atoms with Gasteiger partial charge < -0.3 is 31.9 Å². The Morgan fingerprint density at radius 2 is 1.62 bits per heavy atom. The molecule has 160 valence electrons. The lowest BCUT2D eigenvalue weighted by molar-refractivity contribution is -0.138. The average Bonchev–Trinajstić information content (AvgIpc) is 2.69. The van der Waals surface area contributed by atoms with Crippen molar-refractivity contribution in [2.45, 2.75) is 38.4 Å². The van der Waals surface area contributed by atoms with Gasteiger partial charge in [-0.25, -0.2) is 0 Å². The van der Waals surface area contributed by atoms with Crippen LogP contribution in [0.15, 0.2) is 30.3 Å². The van der Waals surface area contributed by atoms with Crippen molar-refractivity contribution in [2.75, 3.05) is 13.2 Å². The fourth-order valence-electron chi connectivity index (χ4n) is 2.48. The highest BCUT2D eigenvalue weighted by Crippen LogP contribution is 2.07. The van der Waals surface area contributed by atoms with E-state index in [1.807, 2.05) is 0 Å². The van der Waals surface area contributed by atoms with E-state index in [0.29, 0.717) is 0 Å². The van der Waals surface area contributed by atoms with Crippen molar-refractivity contribution in [3.63, 3.8) is 0 Å². The Morgan fingerprint density at radius 1 is 1.00 bits per heavy atom. The molecule has 0 heterocycles. The minimum absolute atomic E-state index is 0.132. The molecular formula is C19H28N4O6. The number of carboxylic acid groups (broad SMARTS) is 1. The van der Waals surface area contributed by atoms with E-state index >= 15 is 0 Å². The number of aliphatic carboxylic acids is 1. The number of hydrogen-bond acceptors (Lipinski definition) is 6. The molecule has 1 aromatic rings. The van der Waals surface area contributed by atoms with Gasteiger partial charge in [-0.1, -0.05) is 44.2 Å². The zero-order chi connectivity index (χ0) is 22.0. The normalized spacial score (nSPS) is 13.8. The molecule has 3 unspecified atom stereocenters. The lowest BCUT2D eigenvalue weighted by atomic mass is 10.0. The zero-order valence-corrected chi connectivity index (χ0v) is 16.4. The third-order valence-electron chi connectivity index (χ3n) is 4.11. The predicted octanol–water partition coefficient (Wildman–Crippen LogP) is -1.62. The summed E-state index contributed by atoms with van der Waals surface area (Å²) in [5, 5.41) is 25.0. The van der Waals surface area contributed by atoms with Gasteiger partial charge in [0.25, 0.3) is 0 Å². The number of aliphatic hydroxyl groups is 1. The molecule has 0 bridgehead atoms. The van der Waals surface area contributed by atoms with E-state index in [9.17, 15) is 19.2 Å². The highest BCUT2D eigenvalue weighted by Gasteiger charge is 2.30. The number of hydrogen-bond donors (Lipinski definition) is 6. The molecule has 1 aromatic carbocycles. The fourth-order valence-corrected chi connectivity index (χ4v) is 2.48. The summed E-state index contributed by atoms with van der Waals surface area (Å²) in [6.45, 7) is 2.24. The first kappa shape index (κ1) is 24.1. The van der Waals surface area contributed by atoms with E-state index in [2.05, 4.69) is 16.0 Å². The summed E-state index contributed by atoms with van der Waals surface area (Å²) in [7, 11) is 0. The van der Waals surface area contributed by atoms with Crippen molar-refractivity contribution < 1.29 is 29.4 Å². The van der Waals surface area contributed by atoms with Gasteiger partial charge in [0.15, 0.2) is 0 Å². The van der Waals surface area contributed by atoms with Crippen LogP contribution in [0, 0.1) is 5.92 Å². The number of carbonyl (C=O) groups excluding carboxylic acids is 3. The van der Waals surface area contributed by atoms with Gasteiger partial charge in [-0.3, -0.25) is 19.2 Å². The summed E-state index contributed by atoms with van der Waals surface area (Å²) >= 11 is 0. The van der Waals surface area contributed by atoms with Crippen LogP contribution in [0.5, 0.6) is 0 Å². The quantitative estimate of drug-likeness (QED) is 0.255. The second-order valence-corrected chi connectivity index (χ2v) is 6.88. The highest BCUT2D eigenvalue weighted by atomic mass is 16.4. The molecule has 10 nitrogen and oxygen atoms in total. The molecule has 0 aliphatic heterocycles. The van der Waals surface area contributed by atoms with Crippen LogP contribution in [-0.2, 0) is 25.6 Å². The van der Waals surface area contributed by atoms with Gasteiger partial charge in [-0.2, -0.15) is 0 Å². The van der Waals surface area contributed by atoms with Gasteiger partial charge in [0, 0.05) is 6.42 Å². The number of carbonyl (C=O) groups is 4. The van der Waals surface area contributed by atoms with Crippen LogP contribution in [0.2, 0.25) is 0 Å². The summed E-state index contributed by atoms with van der Waals surface area (Å²) in [6, 6.07) is 5.67. The van der Waals surface area contributed by atoms with Crippen molar-refractivity contribution in [1.29, 1.82) is 0 Å². The first-order valence-corrected chi connectivity index (χ1v) is 9.16. The number of nitrogens with one attached hydrogen (secondary N) is 3. The molecule has 0 spiro atoms. The summed E-state index contributed by atoms with van der Waals surface area (Å²) < 4.78 is 0. The van der Waals surface area contributed by atoms with E-state index < -0.39 is 55.0 Å². The van der Waals surface area contributed by atoms with E-state index in [4.69, 9.17) is 15.9 Å². The maximum Gasteiger partial charge on any atom is 0.322 e. The molecule has 1 rings (SSSR count). The van der Waals surface area contributed by atoms with Crippen molar-refractivity contribution in [3.8, 4) is 0 Å². The molecule has 7 N–H and O–H groups in total. The molecule has 0 aromatic heterocycles. The Kier molecular flexibility index (Phi) is 9.76. The first-order chi connectivity index (χ1) is 13.6. The van der Waals surface area contributed by atoms with Crippen molar-refractivity contribution in [1.82, 2.24) is 16.0 Å². The van der Waals surface area contributed by atoms with Crippen molar-refractivity contribution in [3.05, 3.63) is 35.9 Å². The monoisotopic (exact) mass is 408 g/mol. The largest absolute Gasteiger partial charge is 0.480 e. The molecule has 3 atom stereocenters. The number of rotatable bonds is 11. The zero-order valence-electron chi connectivity index (χ0n) is 16.4. The molecular weight excluding hydrogens is 380 g/mol. The Bertz CT molecular complexity index is 710. The molecule has 0 saturated carbocycles. The van der Waals surface area contributed by atoms with Crippen LogP contribution in [0.1, 0.15) is 19.4 Å². The summed E-state index contributed by atoms with van der Waals surface area (Å²) in [6.07, 6.45) is 0.132. The highest BCUT2D eigenvalue weighted by molar-refractivity contribution is 5.94. The summed E-state index contributed by atoms with van der Waals surface area (Å²) in [5.41, 5.74) is 6.23. The molecule has 0 aliphatic rings. The minimum atomic E-state index is -1.21. The fraction of sp³-hybridized carbons (Fsp3) is 0.474. The second-order valence-electron chi connectivity index (χ2n) is 6.88. The maximum atomic E-state index is 12.7. The van der Waals surface area contributed by atoms with Crippen LogP contribution in [0.3, 0.4) is 0 Å². The van der Waals surface area contributed by atoms with Gasteiger partial charge in [0.2, 0.25) is 17.7 Å². The van der Waals surface area contributed by atoms with Crippen molar-refractivity contribution >= 4 is 23.7 Å². The van der Waals surface area contributed by atoms with E-state index in [0.717, 1.165) is 5.56 Å². The van der Waals surface area contributed by atoms with Gasteiger partial charge in [-0.05, 0) is 11.5 Å². The first-order valence-electron chi connectivity index (χ1n) is 9.16. The Labute approximate surface area is 168 Å². The van der Waals surface area contributed by atoms with Crippen LogP contribution in [-0.4, -0.2) is 65.2 Å². The topological polar surface area (TPSA) is 171 Å². The SMILES string of the molecule is CC(C)C(NC(=O)C(N)CO)C(=O)NC(Cc1ccccc1)C(=O)NCC(=O)O. The minimum Gasteiger partial charge on any atom is -0.480 e. The van der Waals surface area contributed by atoms with Gasteiger partial charge in [0.1, 0.15) is 24.7 Å². The van der Waals surface area contributed by atoms with Crippen molar-refractivity contribution in [2.24, 2.45) is 11.7 Å². The molecule has 29 heavy (non-hydrogen) atoms. The maximum absolute atomic E-state index is 12.7. The number of aliphatic hydroxyl groups excluding tert-OH is 1. The third kappa shape index (κ3) is 8.28. The van der Waals surface area contributed by atoms with Gasteiger partial charge in [-0.15, -0.1) is 0 Å². The Hall–Kier alpha value is -2.98. The van der Waals surface area contributed by atoms with Crippen LogP contribution < -0.4 is 21.7 Å². The molecule has 0 fully saturated rings. The number of nitrogens with two attached hydrogens (primary N) is 1. The van der Waals surface area contributed by atoms with E-state index in [1.165, 1.54) is 0 Å². The van der Waals surface area contributed by atoms with Crippen LogP contribution in [0.4, 0.5) is 0 Å². The molecule has 0 saturated heterocycles. The Morgan fingerprint density at radius 3 is 2.14 bits per heavy atom. The average molecular weight is 408 g/mol.